The molecule has 5 nitrogen and oxygen atoms in total. The Morgan fingerprint density at radius 3 is 2.15 bits per heavy atom. The van der Waals surface area contributed by atoms with E-state index in [0.29, 0.717) is 18.4 Å². The van der Waals surface area contributed by atoms with Crippen LogP contribution in [-0.4, -0.2) is 55.5 Å². The highest BCUT2D eigenvalue weighted by molar-refractivity contribution is 5.79. The first-order chi connectivity index (χ1) is 19.9. The monoisotopic (exact) mass is 553 g/mol. The van der Waals surface area contributed by atoms with Crippen LogP contribution in [0.5, 0.6) is 5.75 Å². The lowest BCUT2D eigenvalue weighted by Crippen LogP contribution is -2.65. The fraction of sp³-hybridized carbons (Fsp3) is 0.472. The number of benzene rings is 3. The second-order valence-electron chi connectivity index (χ2n) is 12.1. The van der Waals surface area contributed by atoms with E-state index in [2.05, 4.69) is 117 Å². The van der Waals surface area contributed by atoms with Gasteiger partial charge in [-0.15, -0.1) is 0 Å². The molecule has 3 aromatic carbocycles. The summed E-state index contributed by atoms with van der Waals surface area (Å²) in [4.78, 5) is 18.5. The van der Waals surface area contributed by atoms with Gasteiger partial charge in [0.15, 0.2) is 0 Å². The molecule has 3 aromatic rings. The second kappa shape index (κ2) is 12.8. The predicted molar refractivity (Wildman–Crippen MR) is 167 cm³/mol. The normalized spacial score (nSPS) is 22.1. The molecule has 1 N–H and O–H groups in total. The number of carbonyl (C=O) groups is 1. The van der Waals surface area contributed by atoms with Crippen molar-refractivity contribution in [3.8, 4) is 5.75 Å². The molecule has 41 heavy (non-hydrogen) atoms. The number of nitrogens with one attached hydrogen (secondary N) is 1. The highest BCUT2D eigenvalue weighted by atomic mass is 16.5. The van der Waals surface area contributed by atoms with E-state index in [4.69, 9.17) is 4.74 Å². The number of carbonyl (C=O) groups excluding carboxylic acids is 1. The van der Waals surface area contributed by atoms with Crippen LogP contribution >= 0.6 is 0 Å². The number of hydrogen-bond acceptors (Lipinski definition) is 4. The SMILES string of the molecule is CCN(CC)C(=O)[C@H]1CN2CC[C@H]1[C@H](C(NCc1cc(C(C)C)ccc1OC)(c1ccccc1)c1ccccc1)C2. The highest BCUT2D eigenvalue weighted by Crippen LogP contribution is 2.49. The average Bonchev–Trinajstić information content (AvgIpc) is 3.03. The van der Waals surface area contributed by atoms with E-state index in [1.807, 2.05) is 4.90 Å². The zero-order valence-corrected chi connectivity index (χ0v) is 25.5. The molecule has 0 saturated carbocycles. The largest absolute Gasteiger partial charge is 0.496 e. The highest BCUT2D eigenvalue weighted by Gasteiger charge is 2.54. The van der Waals surface area contributed by atoms with Gasteiger partial charge < -0.3 is 14.5 Å². The summed E-state index contributed by atoms with van der Waals surface area (Å²) in [5.74, 6) is 2.16. The predicted octanol–water partition coefficient (Wildman–Crippen LogP) is 6.29. The zero-order chi connectivity index (χ0) is 29.0. The van der Waals surface area contributed by atoms with Crippen molar-refractivity contribution in [1.29, 1.82) is 0 Å². The summed E-state index contributed by atoms with van der Waals surface area (Å²) in [6.07, 6.45) is 1.04. The standard InChI is InChI=1S/C36H47N3O2/c1-6-39(7-2)35(40)32-24-38-21-20-31(32)33(25-38)36(29-14-10-8-11-15-29,30-16-12-9-13-17-30)37-23-28-22-27(26(3)4)18-19-34(28)41-5/h8-19,22,26,31-33,37H,6-7,20-21,23-25H2,1-5H3/t31-,32+,33-/m1/s1. The van der Waals surface area contributed by atoms with Gasteiger partial charge in [-0.2, -0.15) is 0 Å². The third-order valence-electron chi connectivity index (χ3n) is 9.66. The quantitative estimate of drug-likeness (QED) is 0.303. The van der Waals surface area contributed by atoms with E-state index in [9.17, 15) is 4.79 Å². The third kappa shape index (κ3) is 5.67. The maximum atomic E-state index is 13.9. The molecule has 0 aliphatic carbocycles. The van der Waals surface area contributed by atoms with Crippen LogP contribution in [0.2, 0.25) is 0 Å². The first-order valence-electron chi connectivity index (χ1n) is 15.5. The first-order valence-corrected chi connectivity index (χ1v) is 15.5. The summed E-state index contributed by atoms with van der Waals surface area (Å²) in [6.45, 7) is 13.7. The van der Waals surface area contributed by atoms with E-state index < -0.39 is 5.54 Å². The van der Waals surface area contributed by atoms with Crippen molar-refractivity contribution in [2.24, 2.45) is 17.8 Å². The van der Waals surface area contributed by atoms with Gasteiger partial charge in [0.25, 0.3) is 0 Å². The van der Waals surface area contributed by atoms with Crippen LogP contribution in [0, 0.1) is 17.8 Å². The Bertz CT molecular complexity index is 1250. The van der Waals surface area contributed by atoms with Crippen molar-refractivity contribution < 1.29 is 9.53 Å². The van der Waals surface area contributed by atoms with Gasteiger partial charge in [0, 0.05) is 44.2 Å². The third-order valence-corrected chi connectivity index (χ3v) is 9.66. The fourth-order valence-electron chi connectivity index (χ4n) is 7.45. The Hall–Kier alpha value is -3.15. The maximum Gasteiger partial charge on any atom is 0.227 e. The summed E-state index contributed by atoms with van der Waals surface area (Å²) >= 11 is 0. The molecule has 4 atom stereocenters. The van der Waals surface area contributed by atoms with Crippen molar-refractivity contribution in [1.82, 2.24) is 15.1 Å². The molecule has 3 fully saturated rings. The number of amides is 1. The molecule has 3 aliphatic rings. The van der Waals surface area contributed by atoms with Crippen LogP contribution in [0.3, 0.4) is 0 Å². The Labute approximate surface area is 246 Å². The van der Waals surface area contributed by atoms with Gasteiger partial charge in [0.05, 0.1) is 18.6 Å². The molecule has 1 unspecified atom stereocenters. The van der Waals surface area contributed by atoms with E-state index in [-0.39, 0.29) is 17.8 Å². The fourth-order valence-corrected chi connectivity index (χ4v) is 7.45. The van der Waals surface area contributed by atoms with Crippen LogP contribution in [0.1, 0.15) is 62.3 Å². The van der Waals surface area contributed by atoms with Crippen molar-refractivity contribution in [3.05, 3.63) is 101 Å². The lowest BCUT2D eigenvalue weighted by atomic mass is 9.60. The topological polar surface area (TPSA) is 44.8 Å². The van der Waals surface area contributed by atoms with Gasteiger partial charge in [0.1, 0.15) is 5.75 Å². The van der Waals surface area contributed by atoms with Gasteiger partial charge in [-0.3, -0.25) is 10.1 Å². The Balaban J connectivity index is 1.64. The lowest BCUT2D eigenvalue weighted by molar-refractivity contribution is -0.146. The number of hydrogen-bond donors (Lipinski definition) is 1. The van der Waals surface area contributed by atoms with Gasteiger partial charge >= 0.3 is 0 Å². The summed E-state index contributed by atoms with van der Waals surface area (Å²) in [7, 11) is 1.76. The lowest BCUT2D eigenvalue weighted by Gasteiger charge is -2.56. The molecule has 3 saturated heterocycles. The molecule has 3 aliphatic heterocycles. The van der Waals surface area contributed by atoms with Crippen LogP contribution in [0.4, 0.5) is 0 Å². The Morgan fingerprint density at radius 1 is 0.976 bits per heavy atom. The second-order valence-corrected chi connectivity index (χ2v) is 12.1. The number of piperidine rings is 3. The molecule has 5 heteroatoms. The summed E-state index contributed by atoms with van der Waals surface area (Å²) in [6, 6.07) is 28.4. The molecule has 2 bridgehead atoms. The molecule has 0 spiro atoms. The number of fused-ring (bicyclic) bond motifs is 3. The van der Waals surface area contributed by atoms with Crippen LogP contribution < -0.4 is 10.1 Å². The molecule has 6 rings (SSSR count). The molecule has 0 aromatic heterocycles. The van der Waals surface area contributed by atoms with Crippen LogP contribution in [-0.2, 0) is 16.9 Å². The number of nitrogens with zero attached hydrogens (tertiary/aromatic N) is 2. The number of ether oxygens (including phenoxy) is 1. The minimum atomic E-state index is -0.479. The Morgan fingerprint density at radius 2 is 1.61 bits per heavy atom. The van der Waals surface area contributed by atoms with E-state index in [0.717, 1.165) is 50.5 Å². The van der Waals surface area contributed by atoms with Gasteiger partial charge in [0.2, 0.25) is 5.91 Å². The molecule has 0 radical (unpaired) electrons. The van der Waals surface area contributed by atoms with Crippen molar-refractivity contribution >= 4 is 5.91 Å². The average molecular weight is 554 g/mol. The summed E-state index contributed by atoms with van der Waals surface area (Å²) in [5, 5.41) is 4.16. The van der Waals surface area contributed by atoms with Crippen LogP contribution in [0.25, 0.3) is 0 Å². The summed E-state index contributed by atoms with van der Waals surface area (Å²) < 4.78 is 5.85. The van der Waals surface area contributed by atoms with E-state index in [1.54, 1.807) is 7.11 Å². The number of methoxy groups -OCH3 is 1. The van der Waals surface area contributed by atoms with Crippen molar-refractivity contribution in [2.45, 2.75) is 52.1 Å². The maximum absolute atomic E-state index is 13.9. The minimum Gasteiger partial charge on any atom is -0.496 e. The molecule has 3 heterocycles. The van der Waals surface area contributed by atoms with Gasteiger partial charge in [-0.25, -0.2) is 0 Å². The Kier molecular flexibility index (Phi) is 9.16. The van der Waals surface area contributed by atoms with Gasteiger partial charge in [-0.1, -0.05) is 86.6 Å². The molecular formula is C36H47N3O2. The van der Waals surface area contributed by atoms with Crippen molar-refractivity contribution in [3.63, 3.8) is 0 Å². The smallest absolute Gasteiger partial charge is 0.227 e. The van der Waals surface area contributed by atoms with E-state index >= 15 is 0 Å². The molecular weight excluding hydrogens is 506 g/mol. The van der Waals surface area contributed by atoms with E-state index in [1.165, 1.54) is 16.7 Å². The molecule has 218 valence electrons. The van der Waals surface area contributed by atoms with Crippen LogP contribution in [0.15, 0.2) is 78.9 Å². The first kappa shape index (κ1) is 29.3. The zero-order valence-electron chi connectivity index (χ0n) is 25.5. The van der Waals surface area contributed by atoms with Crippen molar-refractivity contribution in [2.75, 3.05) is 39.8 Å². The number of rotatable bonds is 11. The molecule has 1 amide bonds. The minimum absolute atomic E-state index is 0.00908. The summed E-state index contributed by atoms with van der Waals surface area (Å²) in [5.41, 5.74) is 4.48. The van der Waals surface area contributed by atoms with Gasteiger partial charge in [-0.05, 0) is 61.4 Å².